The highest BCUT2D eigenvalue weighted by atomic mass is 16.5. The minimum Gasteiger partial charge on any atom is -0.493 e. The smallest absolute Gasteiger partial charge is 0.161 e. The van der Waals surface area contributed by atoms with Crippen molar-refractivity contribution >= 4 is 5.78 Å². The van der Waals surface area contributed by atoms with E-state index >= 15 is 0 Å². The number of aryl methyl sites for hydroxylation is 1. The minimum atomic E-state index is -0.601. The van der Waals surface area contributed by atoms with Gasteiger partial charge in [-0.2, -0.15) is 0 Å². The zero-order valence-corrected chi connectivity index (χ0v) is 14.8. The number of benzene rings is 1. The van der Waals surface area contributed by atoms with E-state index in [9.17, 15) is 9.90 Å². The molecule has 0 aliphatic carbocycles. The summed E-state index contributed by atoms with van der Waals surface area (Å²) < 4.78 is 11.0. The fourth-order valence-electron chi connectivity index (χ4n) is 1.98. The summed E-state index contributed by atoms with van der Waals surface area (Å²) in [5.74, 6) is 1.37. The Labute approximate surface area is 139 Å². The van der Waals surface area contributed by atoms with Gasteiger partial charge in [0.1, 0.15) is 18.5 Å². The van der Waals surface area contributed by atoms with Gasteiger partial charge in [-0.3, -0.25) is 0 Å². The maximum Gasteiger partial charge on any atom is 0.161 e. The van der Waals surface area contributed by atoms with Crippen molar-refractivity contribution in [2.75, 3.05) is 20.3 Å². The number of aliphatic hydroxyl groups is 1. The quantitative estimate of drug-likeness (QED) is 0.730. The summed E-state index contributed by atoms with van der Waals surface area (Å²) in [6, 6.07) is 5.61. The van der Waals surface area contributed by atoms with Crippen LogP contribution in [0.3, 0.4) is 0 Å². The summed E-state index contributed by atoms with van der Waals surface area (Å²) in [5, 5.41) is 13.2. The molecule has 1 aromatic carbocycles. The third-order valence-electron chi connectivity index (χ3n) is 3.29. The Morgan fingerprint density at radius 1 is 1.30 bits per heavy atom. The van der Waals surface area contributed by atoms with Crippen LogP contribution in [0.4, 0.5) is 0 Å². The van der Waals surface area contributed by atoms with Crippen molar-refractivity contribution in [3.63, 3.8) is 0 Å². The normalized spacial score (nSPS) is 12.8. The van der Waals surface area contributed by atoms with E-state index in [1.54, 1.807) is 14.0 Å². The van der Waals surface area contributed by atoms with Crippen molar-refractivity contribution < 1.29 is 19.4 Å². The maximum atomic E-state index is 11.1. The van der Waals surface area contributed by atoms with Gasteiger partial charge in [-0.05, 0) is 51.8 Å². The standard InChI is InChI=1S/C18H29NO4/c1-13(20)6-7-14-8-9-16(17(10-14)22-5)23-12-15(21)11-19-18(2,3)4/h8-10,15,19,21H,6-7,11-12H2,1-5H3. The lowest BCUT2D eigenvalue weighted by molar-refractivity contribution is -0.116. The van der Waals surface area contributed by atoms with Gasteiger partial charge in [0.25, 0.3) is 0 Å². The number of methoxy groups -OCH3 is 1. The van der Waals surface area contributed by atoms with Crippen LogP contribution in [0.25, 0.3) is 0 Å². The van der Waals surface area contributed by atoms with Gasteiger partial charge >= 0.3 is 0 Å². The van der Waals surface area contributed by atoms with Gasteiger partial charge in [-0.1, -0.05) is 6.07 Å². The van der Waals surface area contributed by atoms with E-state index in [2.05, 4.69) is 5.32 Å². The number of hydrogen-bond acceptors (Lipinski definition) is 5. The van der Waals surface area contributed by atoms with E-state index in [4.69, 9.17) is 9.47 Å². The molecule has 0 radical (unpaired) electrons. The summed E-state index contributed by atoms with van der Waals surface area (Å²) in [4.78, 5) is 11.1. The van der Waals surface area contributed by atoms with E-state index in [1.807, 2.05) is 39.0 Å². The molecule has 130 valence electrons. The second-order valence-electron chi connectivity index (χ2n) is 6.78. The van der Waals surface area contributed by atoms with Crippen LogP contribution in [0.15, 0.2) is 18.2 Å². The number of hydrogen-bond donors (Lipinski definition) is 2. The summed E-state index contributed by atoms with van der Waals surface area (Å²) >= 11 is 0. The van der Waals surface area contributed by atoms with Crippen LogP contribution >= 0.6 is 0 Å². The molecule has 0 saturated heterocycles. The molecule has 0 spiro atoms. The second kappa shape index (κ2) is 8.89. The highest BCUT2D eigenvalue weighted by Gasteiger charge is 2.14. The van der Waals surface area contributed by atoms with Crippen LogP contribution in [0.5, 0.6) is 11.5 Å². The first-order valence-corrected chi connectivity index (χ1v) is 7.93. The second-order valence-corrected chi connectivity index (χ2v) is 6.78. The molecular weight excluding hydrogens is 294 g/mol. The molecule has 5 nitrogen and oxygen atoms in total. The summed E-state index contributed by atoms with van der Waals surface area (Å²) in [7, 11) is 1.58. The van der Waals surface area contributed by atoms with Crippen LogP contribution < -0.4 is 14.8 Å². The van der Waals surface area contributed by atoms with Gasteiger partial charge in [0, 0.05) is 18.5 Å². The van der Waals surface area contributed by atoms with Crippen LogP contribution in [-0.2, 0) is 11.2 Å². The molecule has 0 aliphatic heterocycles. The number of Topliss-reactive ketones (excluding diaryl/α,β-unsaturated/α-hetero) is 1. The molecule has 1 atom stereocenters. The number of ether oxygens (including phenoxy) is 2. The molecule has 2 N–H and O–H groups in total. The fourth-order valence-corrected chi connectivity index (χ4v) is 1.98. The molecule has 0 amide bonds. The molecule has 0 fully saturated rings. The zero-order valence-electron chi connectivity index (χ0n) is 14.8. The Balaban J connectivity index is 2.57. The maximum absolute atomic E-state index is 11.1. The van der Waals surface area contributed by atoms with Gasteiger partial charge in [0.2, 0.25) is 0 Å². The lowest BCUT2D eigenvalue weighted by Gasteiger charge is -2.23. The number of β-amino-alcohol motifs (C(OH)–C–C–N with tert-alkyl or cyclic N) is 1. The van der Waals surface area contributed by atoms with Gasteiger partial charge in [0.05, 0.1) is 7.11 Å². The highest BCUT2D eigenvalue weighted by molar-refractivity contribution is 5.75. The third-order valence-corrected chi connectivity index (χ3v) is 3.29. The Hall–Kier alpha value is -1.59. The molecule has 1 unspecified atom stereocenters. The van der Waals surface area contributed by atoms with Crippen LogP contribution in [0.2, 0.25) is 0 Å². The minimum absolute atomic E-state index is 0.0446. The molecule has 0 aromatic heterocycles. The van der Waals surface area contributed by atoms with Crippen molar-refractivity contribution in [3.8, 4) is 11.5 Å². The molecule has 1 rings (SSSR count). The highest BCUT2D eigenvalue weighted by Crippen LogP contribution is 2.28. The lowest BCUT2D eigenvalue weighted by Crippen LogP contribution is -2.42. The number of carbonyl (C=O) groups is 1. The van der Waals surface area contributed by atoms with E-state index in [1.165, 1.54) is 0 Å². The first-order chi connectivity index (χ1) is 10.7. The topological polar surface area (TPSA) is 67.8 Å². The van der Waals surface area contributed by atoms with Crippen molar-refractivity contribution in [3.05, 3.63) is 23.8 Å². The molecule has 0 aliphatic rings. The first-order valence-electron chi connectivity index (χ1n) is 7.93. The SMILES string of the molecule is COc1cc(CCC(C)=O)ccc1OCC(O)CNC(C)(C)C. The summed E-state index contributed by atoms with van der Waals surface area (Å²) in [5.41, 5.74) is 0.983. The number of aliphatic hydroxyl groups excluding tert-OH is 1. The Morgan fingerprint density at radius 3 is 2.57 bits per heavy atom. The van der Waals surface area contributed by atoms with Gasteiger partial charge in [0.15, 0.2) is 11.5 Å². The van der Waals surface area contributed by atoms with Crippen LogP contribution in [0.1, 0.15) is 39.7 Å². The Morgan fingerprint density at radius 2 is 2.00 bits per heavy atom. The van der Waals surface area contributed by atoms with Gasteiger partial charge in [-0.15, -0.1) is 0 Å². The Kier molecular flexibility index (Phi) is 7.52. The largest absolute Gasteiger partial charge is 0.493 e. The molecule has 0 bridgehead atoms. The van der Waals surface area contributed by atoms with Crippen molar-refractivity contribution in [1.29, 1.82) is 0 Å². The van der Waals surface area contributed by atoms with Gasteiger partial charge in [-0.25, -0.2) is 0 Å². The molecule has 0 heterocycles. The predicted octanol–water partition coefficient (Wildman–Crippen LogP) is 2.34. The number of ketones is 1. The molecule has 1 aromatic rings. The zero-order chi connectivity index (χ0) is 17.5. The first kappa shape index (κ1) is 19.5. The summed E-state index contributed by atoms with van der Waals surface area (Å²) in [6.07, 6.45) is 0.598. The molecular formula is C18H29NO4. The van der Waals surface area contributed by atoms with Crippen LogP contribution in [0, 0.1) is 0 Å². The average Bonchev–Trinajstić information content (AvgIpc) is 2.48. The Bertz CT molecular complexity index is 508. The monoisotopic (exact) mass is 323 g/mol. The van der Waals surface area contributed by atoms with E-state index in [-0.39, 0.29) is 17.9 Å². The number of carbonyl (C=O) groups excluding carboxylic acids is 1. The van der Waals surface area contributed by atoms with Crippen molar-refractivity contribution in [2.24, 2.45) is 0 Å². The summed E-state index contributed by atoms with van der Waals surface area (Å²) in [6.45, 7) is 8.37. The third kappa shape index (κ3) is 8.00. The van der Waals surface area contributed by atoms with E-state index in [0.717, 1.165) is 5.56 Å². The van der Waals surface area contributed by atoms with Gasteiger partial charge < -0.3 is 24.7 Å². The fraction of sp³-hybridized carbons (Fsp3) is 0.611. The predicted molar refractivity (Wildman–Crippen MR) is 91.3 cm³/mol. The van der Waals surface area contributed by atoms with Crippen molar-refractivity contribution in [2.45, 2.75) is 52.2 Å². The number of nitrogens with one attached hydrogen (secondary N) is 1. The van der Waals surface area contributed by atoms with Crippen molar-refractivity contribution in [1.82, 2.24) is 5.32 Å². The molecule has 0 saturated carbocycles. The molecule has 5 heteroatoms. The van der Waals surface area contributed by atoms with Crippen LogP contribution in [-0.4, -0.2) is 42.8 Å². The van der Waals surface area contributed by atoms with E-state index in [0.29, 0.717) is 30.9 Å². The lowest BCUT2D eigenvalue weighted by atomic mass is 10.1. The number of rotatable bonds is 9. The average molecular weight is 323 g/mol. The molecule has 23 heavy (non-hydrogen) atoms. The van der Waals surface area contributed by atoms with E-state index < -0.39 is 6.10 Å².